The second kappa shape index (κ2) is 8.39. The highest BCUT2D eigenvalue weighted by atomic mass is 16.6. The summed E-state index contributed by atoms with van der Waals surface area (Å²) in [5.41, 5.74) is 1.45. The van der Waals surface area contributed by atoms with E-state index in [0.717, 1.165) is 10.5 Å². The van der Waals surface area contributed by atoms with Crippen LogP contribution in [0, 0.1) is 12.5 Å². The first-order chi connectivity index (χ1) is 11.7. The third-order valence-electron chi connectivity index (χ3n) is 3.29. The molecule has 0 radical (unpaired) electrons. The van der Waals surface area contributed by atoms with E-state index in [1.165, 1.54) is 13.4 Å². The van der Waals surface area contributed by atoms with E-state index in [2.05, 4.69) is 16.0 Å². The van der Waals surface area contributed by atoms with Gasteiger partial charge in [-0.25, -0.2) is 19.5 Å². The van der Waals surface area contributed by atoms with Crippen LogP contribution in [-0.2, 0) is 27.3 Å². The zero-order chi connectivity index (χ0) is 17.4. The van der Waals surface area contributed by atoms with Crippen LogP contribution in [-0.4, -0.2) is 40.1 Å². The Bertz CT molecular complexity index is 707. The van der Waals surface area contributed by atoms with Gasteiger partial charge in [-0.1, -0.05) is 36.8 Å². The SMILES string of the molecule is C#CN(C(=O)OCc1ccccc1)C(Cc1cnc[nH]1)C(=O)OC. The number of carbonyl (C=O) groups is 2. The Hall–Kier alpha value is -3.27. The lowest BCUT2D eigenvalue weighted by Crippen LogP contribution is -2.44. The Kier molecular flexibility index (Phi) is 5.97. The van der Waals surface area contributed by atoms with Gasteiger partial charge in [0.1, 0.15) is 6.61 Å². The van der Waals surface area contributed by atoms with Crippen LogP contribution >= 0.6 is 0 Å². The summed E-state index contributed by atoms with van der Waals surface area (Å²) >= 11 is 0. The topological polar surface area (TPSA) is 84.5 Å². The number of hydrogen-bond acceptors (Lipinski definition) is 5. The summed E-state index contributed by atoms with van der Waals surface area (Å²) in [4.78, 5) is 31.9. The molecule has 2 aromatic rings. The molecule has 0 aliphatic rings. The second-order valence-electron chi connectivity index (χ2n) is 4.86. The maximum absolute atomic E-state index is 12.3. The molecule has 1 atom stereocenters. The van der Waals surface area contributed by atoms with Gasteiger partial charge in [0.15, 0.2) is 6.04 Å². The molecule has 0 saturated heterocycles. The number of methoxy groups -OCH3 is 1. The molecule has 124 valence electrons. The molecular weight excluding hydrogens is 310 g/mol. The Labute approximate surface area is 139 Å². The van der Waals surface area contributed by atoms with Crippen molar-refractivity contribution in [2.24, 2.45) is 0 Å². The lowest BCUT2D eigenvalue weighted by Gasteiger charge is -2.23. The van der Waals surface area contributed by atoms with Crippen molar-refractivity contribution in [3.63, 3.8) is 0 Å². The molecule has 1 N–H and O–H groups in total. The number of terminal acetylenes is 1. The molecule has 0 fully saturated rings. The first-order valence-corrected chi connectivity index (χ1v) is 7.17. The van der Waals surface area contributed by atoms with Crippen LogP contribution in [0.1, 0.15) is 11.3 Å². The number of hydrogen-bond donors (Lipinski definition) is 1. The summed E-state index contributed by atoms with van der Waals surface area (Å²) in [5.74, 6) is -0.640. The van der Waals surface area contributed by atoms with Gasteiger partial charge in [0.25, 0.3) is 0 Å². The van der Waals surface area contributed by atoms with E-state index < -0.39 is 18.1 Å². The van der Waals surface area contributed by atoms with Crippen molar-refractivity contribution in [2.45, 2.75) is 19.1 Å². The van der Waals surface area contributed by atoms with Gasteiger partial charge in [0.05, 0.1) is 13.4 Å². The zero-order valence-electron chi connectivity index (χ0n) is 13.1. The lowest BCUT2D eigenvalue weighted by atomic mass is 10.1. The molecule has 0 aliphatic heterocycles. The van der Waals surface area contributed by atoms with E-state index in [9.17, 15) is 9.59 Å². The van der Waals surface area contributed by atoms with Crippen LogP contribution in [0.3, 0.4) is 0 Å². The van der Waals surface area contributed by atoms with E-state index in [1.54, 1.807) is 6.20 Å². The van der Waals surface area contributed by atoms with Crippen LogP contribution in [0.2, 0.25) is 0 Å². The van der Waals surface area contributed by atoms with Gasteiger partial charge in [-0.05, 0) is 5.56 Å². The predicted molar refractivity (Wildman–Crippen MR) is 85.4 cm³/mol. The van der Waals surface area contributed by atoms with E-state index in [-0.39, 0.29) is 13.0 Å². The number of aromatic nitrogens is 2. The summed E-state index contributed by atoms with van der Waals surface area (Å²) < 4.78 is 9.93. The molecule has 7 nitrogen and oxygen atoms in total. The third kappa shape index (κ3) is 4.36. The molecule has 2 rings (SSSR count). The molecule has 24 heavy (non-hydrogen) atoms. The molecule has 1 unspecified atom stereocenters. The van der Waals surface area contributed by atoms with Crippen LogP contribution in [0.25, 0.3) is 0 Å². The fraction of sp³-hybridized carbons (Fsp3) is 0.235. The smallest absolute Gasteiger partial charge is 0.422 e. The van der Waals surface area contributed by atoms with Crippen molar-refractivity contribution in [3.8, 4) is 12.5 Å². The number of nitrogens with zero attached hydrogens (tertiary/aromatic N) is 2. The number of carbonyl (C=O) groups excluding carboxylic acids is 2. The Morgan fingerprint density at radius 2 is 2.12 bits per heavy atom. The van der Waals surface area contributed by atoms with Crippen molar-refractivity contribution < 1.29 is 19.1 Å². The predicted octanol–water partition coefficient (Wildman–Crippen LogP) is 1.72. The molecule has 7 heteroatoms. The van der Waals surface area contributed by atoms with Crippen molar-refractivity contribution in [3.05, 3.63) is 54.1 Å². The Balaban J connectivity index is 2.08. The first-order valence-electron chi connectivity index (χ1n) is 7.17. The lowest BCUT2D eigenvalue weighted by molar-refractivity contribution is -0.145. The molecule has 0 aliphatic carbocycles. The normalized spacial score (nSPS) is 11.2. The number of esters is 1. The van der Waals surface area contributed by atoms with Gasteiger partial charge in [-0.15, -0.1) is 0 Å². The average Bonchev–Trinajstić information content (AvgIpc) is 3.13. The maximum Gasteiger partial charge on any atom is 0.422 e. The number of amides is 1. The van der Waals surface area contributed by atoms with Crippen molar-refractivity contribution in [1.29, 1.82) is 0 Å². The molecule has 1 amide bonds. The number of benzene rings is 1. The first kappa shape index (κ1) is 17.1. The summed E-state index contributed by atoms with van der Waals surface area (Å²) in [6.07, 6.45) is 7.76. The average molecular weight is 327 g/mol. The molecular formula is C17H17N3O4. The van der Waals surface area contributed by atoms with Crippen molar-refractivity contribution in [2.75, 3.05) is 7.11 Å². The van der Waals surface area contributed by atoms with Gasteiger partial charge in [0, 0.05) is 24.4 Å². The maximum atomic E-state index is 12.3. The summed E-state index contributed by atoms with van der Waals surface area (Å²) in [6, 6.07) is 10.3. The van der Waals surface area contributed by atoms with E-state index in [1.807, 2.05) is 30.3 Å². The number of nitrogens with one attached hydrogen (secondary N) is 1. The fourth-order valence-corrected chi connectivity index (χ4v) is 2.08. The third-order valence-corrected chi connectivity index (χ3v) is 3.29. The van der Waals surface area contributed by atoms with E-state index in [0.29, 0.717) is 5.69 Å². The summed E-state index contributed by atoms with van der Waals surface area (Å²) in [7, 11) is 1.23. The largest absolute Gasteiger partial charge is 0.467 e. The van der Waals surface area contributed by atoms with Crippen LogP contribution in [0.15, 0.2) is 42.9 Å². The van der Waals surface area contributed by atoms with E-state index in [4.69, 9.17) is 15.9 Å². The molecule has 1 aromatic carbocycles. The van der Waals surface area contributed by atoms with Crippen molar-refractivity contribution >= 4 is 12.1 Å². The monoisotopic (exact) mass is 327 g/mol. The fourth-order valence-electron chi connectivity index (χ4n) is 2.08. The number of imidazole rings is 1. The van der Waals surface area contributed by atoms with Crippen LogP contribution < -0.4 is 0 Å². The Morgan fingerprint density at radius 3 is 2.71 bits per heavy atom. The molecule has 1 aromatic heterocycles. The minimum atomic E-state index is -1.01. The summed E-state index contributed by atoms with van der Waals surface area (Å²) in [6.45, 7) is 0.0514. The van der Waals surface area contributed by atoms with Crippen molar-refractivity contribution in [1.82, 2.24) is 14.9 Å². The van der Waals surface area contributed by atoms with E-state index >= 15 is 0 Å². The molecule has 0 saturated carbocycles. The highest BCUT2D eigenvalue weighted by molar-refractivity contribution is 5.82. The number of aromatic amines is 1. The highest BCUT2D eigenvalue weighted by Gasteiger charge is 2.31. The summed E-state index contributed by atoms with van der Waals surface area (Å²) in [5, 5.41) is 0. The standard InChI is InChI=1S/C17H17N3O4/c1-3-20(17(22)24-11-13-7-5-4-6-8-13)15(16(21)23-2)9-14-10-18-12-19-14/h1,4-8,10,12,15H,9,11H2,2H3,(H,18,19). The zero-order valence-corrected chi connectivity index (χ0v) is 13.1. The van der Waals surface area contributed by atoms with Gasteiger partial charge in [-0.2, -0.15) is 0 Å². The minimum absolute atomic E-state index is 0.0514. The van der Waals surface area contributed by atoms with Crippen LogP contribution in [0.5, 0.6) is 0 Å². The highest BCUT2D eigenvalue weighted by Crippen LogP contribution is 2.11. The van der Waals surface area contributed by atoms with Gasteiger partial charge in [-0.3, -0.25) is 0 Å². The Morgan fingerprint density at radius 1 is 1.38 bits per heavy atom. The minimum Gasteiger partial charge on any atom is -0.467 e. The number of rotatable bonds is 6. The quantitative estimate of drug-likeness (QED) is 0.496. The van der Waals surface area contributed by atoms with Gasteiger partial charge >= 0.3 is 12.1 Å². The second-order valence-corrected chi connectivity index (χ2v) is 4.86. The molecule has 0 bridgehead atoms. The molecule has 0 spiro atoms. The van der Waals surface area contributed by atoms with Crippen LogP contribution in [0.4, 0.5) is 4.79 Å². The number of ether oxygens (including phenoxy) is 2. The van der Waals surface area contributed by atoms with Gasteiger partial charge in [0.2, 0.25) is 0 Å². The number of H-pyrrole nitrogens is 1. The molecule has 1 heterocycles. The van der Waals surface area contributed by atoms with Gasteiger partial charge < -0.3 is 14.5 Å².